The minimum atomic E-state index is 0.195. The van der Waals surface area contributed by atoms with Gasteiger partial charge >= 0.3 is 0 Å². The van der Waals surface area contributed by atoms with Crippen LogP contribution in [0.1, 0.15) is 25.0 Å². The van der Waals surface area contributed by atoms with Crippen LogP contribution in [0.4, 0.5) is 0 Å². The standard InChI is InChI=1S/C21H27N5O/c1-24-19(14-20(23-24)18-8-5-9-22-15-18)16-25-10-12-26(13-11-25)21(27)17-6-3-2-4-7-17/h2-3,5,8-9,14-15,17H,4,6-7,10-13,16H2,1H3/t17-/m0/s1. The van der Waals surface area contributed by atoms with Crippen molar-refractivity contribution in [3.8, 4) is 11.3 Å². The van der Waals surface area contributed by atoms with E-state index in [1.54, 1.807) is 6.20 Å². The number of carbonyl (C=O) groups excluding carboxylic acids is 1. The smallest absolute Gasteiger partial charge is 0.226 e. The third-order valence-corrected chi connectivity index (χ3v) is 5.62. The summed E-state index contributed by atoms with van der Waals surface area (Å²) in [7, 11) is 1.99. The van der Waals surface area contributed by atoms with Gasteiger partial charge in [-0.1, -0.05) is 12.2 Å². The Hall–Kier alpha value is -2.47. The van der Waals surface area contributed by atoms with Gasteiger partial charge in [-0.3, -0.25) is 19.4 Å². The lowest BCUT2D eigenvalue weighted by atomic mass is 9.93. The van der Waals surface area contributed by atoms with Gasteiger partial charge in [0.05, 0.1) is 11.4 Å². The van der Waals surface area contributed by atoms with E-state index >= 15 is 0 Å². The van der Waals surface area contributed by atoms with Crippen molar-refractivity contribution in [2.45, 2.75) is 25.8 Å². The van der Waals surface area contributed by atoms with Gasteiger partial charge in [0, 0.05) is 63.6 Å². The van der Waals surface area contributed by atoms with Crippen molar-refractivity contribution in [2.24, 2.45) is 13.0 Å². The molecule has 1 aliphatic heterocycles. The fourth-order valence-electron chi connectivity index (χ4n) is 3.94. The van der Waals surface area contributed by atoms with Crippen molar-refractivity contribution < 1.29 is 4.79 Å². The van der Waals surface area contributed by atoms with Crippen LogP contribution in [0, 0.1) is 5.92 Å². The van der Waals surface area contributed by atoms with Crippen LogP contribution in [0.5, 0.6) is 0 Å². The number of carbonyl (C=O) groups is 1. The third kappa shape index (κ3) is 4.11. The lowest BCUT2D eigenvalue weighted by molar-refractivity contribution is -0.137. The number of amides is 1. The summed E-state index contributed by atoms with van der Waals surface area (Å²) in [5, 5.41) is 4.63. The topological polar surface area (TPSA) is 54.3 Å². The van der Waals surface area contributed by atoms with Gasteiger partial charge in [0.25, 0.3) is 0 Å². The highest BCUT2D eigenvalue weighted by Gasteiger charge is 2.27. The number of piperazine rings is 1. The van der Waals surface area contributed by atoms with E-state index in [1.807, 2.05) is 30.1 Å². The molecule has 1 saturated heterocycles. The summed E-state index contributed by atoms with van der Waals surface area (Å²) in [6, 6.07) is 6.11. The summed E-state index contributed by atoms with van der Waals surface area (Å²) in [6.45, 7) is 4.35. The number of aromatic nitrogens is 3. The Bertz CT molecular complexity index is 805. The second kappa shape index (κ2) is 8.05. The highest BCUT2D eigenvalue weighted by Crippen LogP contribution is 2.22. The van der Waals surface area contributed by atoms with Crippen LogP contribution in [-0.2, 0) is 18.4 Å². The van der Waals surface area contributed by atoms with Gasteiger partial charge in [0.15, 0.2) is 0 Å². The lowest BCUT2D eigenvalue weighted by Gasteiger charge is -2.36. The molecule has 6 nitrogen and oxygen atoms in total. The van der Waals surface area contributed by atoms with E-state index in [9.17, 15) is 4.79 Å². The predicted octanol–water partition coefficient (Wildman–Crippen LogP) is 2.48. The van der Waals surface area contributed by atoms with Crippen molar-refractivity contribution in [1.29, 1.82) is 0 Å². The van der Waals surface area contributed by atoms with Gasteiger partial charge in [-0.25, -0.2) is 0 Å². The molecule has 2 aromatic heterocycles. The molecule has 1 amide bonds. The molecule has 0 N–H and O–H groups in total. The Morgan fingerprint density at radius 3 is 2.78 bits per heavy atom. The van der Waals surface area contributed by atoms with Gasteiger partial charge in [-0.2, -0.15) is 5.10 Å². The minimum absolute atomic E-state index is 0.195. The Labute approximate surface area is 160 Å². The summed E-state index contributed by atoms with van der Waals surface area (Å²) < 4.78 is 1.95. The summed E-state index contributed by atoms with van der Waals surface area (Å²) in [5.74, 6) is 0.541. The van der Waals surface area contributed by atoms with E-state index in [-0.39, 0.29) is 5.92 Å². The van der Waals surface area contributed by atoms with E-state index in [2.05, 4.69) is 38.1 Å². The average Bonchev–Trinajstić information content (AvgIpc) is 3.10. The molecule has 0 radical (unpaired) electrons. The molecule has 0 unspecified atom stereocenters. The molecule has 1 atom stereocenters. The number of nitrogens with zero attached hydrogens (tertiary/aromatic N) is 5. The first-order valence-electron chi connectivity index (χ1n) is 9.80. The summed E-state index contributed by atoms with van der Waals surface area (Å²) >= 11 is 0. The first-order chi connectivity index (χ1) is 13.2. The van der Waals surface area contributed by atoms with Crippen LogP contribution in [-0.4, -0.2) is 56.7 Å². The number of hydrogen-bond donors (Lipinski definition) is 0. The molecule has 0 aromatic carbocycles. The monoisotopic (exact) mass is 365 g/mol. The Morgan fingerprint density at radius 1 is 1.22 bits per heavy atom. The Kier molecular flexibility index (Phi) is 5.34. The second-order valence-corrected chi connectivity index (χ2v) is 7.47. The Morgan fingerprint density at radius 2 is 2.07 bits per heavy atom. The molecule has 4 rings (SSSR count). The summed E-state index contributed by atoms with van der Waals surface area (Å²) in [6.07, 6.45) is 10.9. The van der Waals surface area contributed by atoms with E-state index in [0.29, 0.717) is 5.91 Å². The predicted molar refractivity (Wildman–Crippen MR) is 105 cm³/mol. The maximum atomic E-state index is 12.7. The fourth-order valence-corrected chi connectivity index (χ4v) is 3.94. The molecule has 6 heteroatoms. The molecular formula is C21H27N5O. The quantitative estimate of drug-likeness (QED) is 0.781. The van der Waals surface area contributed by atoms with Gasteiger partial charge in [0.1, 0.15) is 0 Å². The van der Waals surface area contributed by atoms with Gasteiger partial charge < -0.3 is 4.90 Å². The van der Waals surface area contributed by atoms with Crippen LogP contribution in [0.2, 0.25) is 0 Å². The van der Waals surface area contributed by atoms with E-state index in [0.717, 1.165) is 63.2 Å². The van der Waals surface area contributed by atoms with Crippen molar-refractivity contribution >= 4 is 5.91 Å². The molecule has 0 saturated carbocycles. The number of aryl methyl sites for hydroxylation is 1. The summed E-state index contributed by atoms with van der Waals surface area (Å²) in [4.78, 5) is 21.3. The van der Waals surface area contributed by atoms with Gasteiger partial charge in [-0.05, 0) is 37.5 Å². The van der Waals surface area contributed by atoms with Crippen LogP contribution in [0.15, 0.2) is 42.7 Å². The molecule has 1 aliphatic carbocycles. The molecule has 0 spiro atoms. The van der Waals surface area contributed by atoms with Gasteiger partial charge in [-0.15, -0.1) is 0 Å². The number of hydrogen-bond acceptors (Lipinski definition) is 4. The van der Waals surface area contributed by atoms with Crippen molar-refractivity contribution in [3.05, 3.63) is 48.4 Å². The van der Waals surface area contributed by atoms with E-state index in [1.165, 1.54) is 5.69 Å². The summed E-state index contributed by atoms with van der Waals surface area (Å²) in [5.41, 5.74) is 3.18. The maximum absolute atomic E-state index is 12.7. The molecular weight excluding hydrogens is 338 g/mol. The second-order valence-electron chi connectivity index (χ2n) is 7.47. The first-order valence-corrected chi connectivity index (χ1v) is 9.80. The highest BCUT2D eigenvalue weighted by molar-refractivity contribution is 5.79. The third-order valence-electron chi connectivity index (χ3n) is 5.62. The van der Waals surface area contributed by atoms with E-state index in [4.69, 9.17) is 0 Å². The van der Waals surface area contributed by atoms with Crippen LogP contribution < -0.4 is 0 Å². The van der Waals surface area contributed by atoms with Crippen LogP contribution >= 0.6 is 0 Å². The van der Waals surface area contributed by atoms with Crippen molar-refractivity contribution in [3.63, 3.8) is 0 Å². The van der Waals surface area contributed by atoms with Crippen LogP contribution in [0.3, 0.4) is 0 Å². The van der Waals surface area contributed by atoms with E-state index < -0.39 is 0 Å². The minimum Gasteiger partial charge on any atom is -0.340 e. The molecule has 27 heavy (non-hydrogen) atoms. The molecule has 3 heterocycles. The zero-order valence-electron chi connectivity index (χ0n) is 15.9. The molecule has 2 aromatic rings. The largest absolute Gasteiger partial charge is 0.340 e. The normalized spacial score (nSPS) is 20.8. The number of rotatable bonds is 4. The van der Waals surface area contributed by atoms with Gasteiger partial charge in [0.2, 0.25) is 5.91 Å². The fraction of sp³-hybridized carbons (Fsp3) is 0.476. The zero-order chi connectivity index (χ0) is 18.6. The number of allylic oxidation sites excluding steroid dienone is 2. The van der Waals surface area contributed by atoms with Crippen LogP contribution in [0.25, 0.3) is 11.3 Å². The SMILES string of the molecule is Cn1nc(-c2cccnc2)cc1CN1CCN(C(=O)[C@H]2CC=CCC2)CC1. The molecule has 0 bridgehead atoms. The first kappa shape index (κ1) is 17.9. The van der Waals surface area contributed by atoms with Crippen molar-refractivity contribution in [2.75, 3.05) is 26.2 Å². The number of pyridine rings is 1. The molecule has 142 valence electrons. The lowest BCUT2D eigenvalue weighted by Crippen LogP contribution is -2.50. The maximum Gasteiger partial charge on any atom is 0.226 e. The zero-order valence-corrected chi connectivity index (χ0v) is 15.9. The average molecular weight is 365 g/mol. The molecule has 2 aliphatic rings. The Balaban J connectivity index is 1.34. The highest BCUT2D eigenvalue weighted by atomic mass is 16.2. The molecule has 1 fully saturated rings. The van der Waals surface area contributed by atoms with Crippen molar-refractivity contribution in [1.82, 2.24) is 24.6 Å².